The van der Waals surface area contributed by atoms with Crippen molar-refractivity contribution in [3.63, 3.8) is 0 Å². The standard InChI is InChI=1S/C20H32O5/c1-6-8-17(2)14(23-17)10-19(4)13(22-19)7-9-18(3)15(24-18)11-20(5)16(12-21)25-20/h6,13-16,21H,1,7-12H2,2-5H3/t13-,14-,15-,16-,17-,18-,19-,20-/m1/s1. The molecule has 0 aliphatic carbocycles. The molecular weight excluding hydrogens is 320 g/mol. The van der Waals surface area contributed by atoms with Crippen LogP contribution in [0.15, 0.2) is 12.7 Å². The van der Waals surface area contributed by atoms with Gasteiger partial charge in [-0.05, 0) is 47.0 Å². The summed E-state index contributed by atoms with van der Waals surface area (Å²) in [6.07, 6.45) is 7.53. The minimum Gasteiger partial charge on any atom is -0.394 e. The van der Waals surface area contributed by atoms with Gasteiger partial charge in [0.15, 0.2) is 0 Å². The van der Waals surface area contributed by atoms with E-state index in [2.05, 4.69) is 34.3 Å². The first-order chi connectivity index (χ1) is 11.7. The van der Waals surface area contributed by atoms with E-state index in [4.69, 9.17) is 18.9 Å². The van der Waals surface area contributed by atoms with Gasteiger partial charge in [-0.15, -0.1) is 6.58 Å². The van der Waals surface area contributed by atoms with E-state index in [0.717, 1.165) is 32.1 Å². The van der Waals surface area contributed by atoms with Crippen molar-refractivity contribution in [1.29, 1.82) is 0 Å². The summed E-state index contributed by atoms with van der Waals surface area (Å²) in [5, 5.41) is 9.20. The maximum Gasteiger partial charge on any atom is 0.110 e. The fraction of sp³-hybridized carbons (Fsp3) is 0.900. The molecule has 25 heavy (non-hydrogen) atoms. The Labute approximate surface area is 150 Å². The number of hydrogen-bond acceptors (Lipinski definition) is 5. The third kappa shape index (κ3) is 3.30. The second-order valence-corrected chi connectivity index (χ2v) is 9.30. The van der Waals surface area contributed by atoms with E-state index in [0.29, 0.717) is 12.2 Å². The van der Waals surface area contributed by atoms with E-state index >= 15 is 0 Å². The van der Waals surface area contributed by atoms with Gasteiger partial charge >= 0.3 is 0 Å². The third-order valence-electron chi connectivity index (χ3n) is 6.94. The summed E-state index contributed by atoms with van der Waals surface area (Å²) in [6, 6.07) is 0. The minimum atomic E-state index is -0.194. The number of epoxide rings is 4. The van der Waals surface area contributed by atoms with Crippen LogP contribution in [0.4, 0.5) is 0 Å². The quantitative estimate of drug-likeness (QED) is 0.483. The van der Waals surface area contributed by atoms with E-state index in [-0.39, 0.29) is 41.2 Å². The smallest absolute Gasteiger partial charge is 0.110 e. The van der Waals surface area contributed by atoms with E-state index in [1.54, 1.807) is 0 Å². The lowest BCUT2D eigenvalue weighted by Crippen LogP contribution is -2.21. The Morgan fingerprint density at radius 3 is 1.92 bits per heavy atom. The Hall–Kier alpha value is -0.460. The summed E-state index contributed by atoms with van der Waals surface area (Å²) in [4.78, 5) is 0. The van der Waals surface area contributed by atoms with Gasteiger partial charge < -0.3 is 24.1 Å². The molecule has 1 N–H and O–H groups in total. The molecule has 8 atom stereocenters. The number of aliphatic hydroxyl groups is 1. The van der Waals surface area contributed by atoms with Crippen LogP contribution in [-0.2, 0) is 18.9 Å². The largest absolute Gasteiger partial charge is 0.394 e. The molecule has 4 heterocycles. The van der Waals surface area contributed by atoms with Crippen LogP contribution in [0.2, 0.25) is 0 Å². The van der Waals surface area contributed by atoms with Crippen molar-refractivity contribution < 1.29 is 24.1 Å². The highest BCUT2D eigenvalue weighted by Crippen LogP contribution is 2.54. The monoisotopic (exact) mass is 352 g/mol. The van der Waals surface area contributed by atoms with Crippen molar-refractivity contribution in [3.05, 3.63) is 12.7 Å². The van der Waals surface area contributed by atoms with Crippen molar-refractivity contribution >= 4 is 0 Å². The van der Waals surface area contributed by atoms with Crippen LogP contribution >= 0.6 is 0 Å². The lowest BCUT2D eigenvalue weighted by Gasteiger charge is -2.09. The van der Waals surface area contributed by atoms with Crippen LogP contribution in [0.3, 0.4) is 0 Å². The molecule has 0 spiro atoms. The molecule has 0 unspecified atom stereocenters. The van der Waals surface area contributed by atoms with Gasteiger partial charge in [0.25, 0.3) is 0 Å². The summed E-state index contributed by atoms with van der Waals surface area (Å²) in [5.74, 6) is 0. The van der Waals surface area contributed by atoms with Crippen LogP contribution in [0.25, 0.3) is 0 Å². The van der Waals surface area contributed by atoms with Gasteiger partial charge in [-0.25, -0.2) is 0 Å². The fourth-order valence-corrected chi connectivity index (χ4v) is 4.47. The number of ether oxygens (including phenoxy) is 4. The normalized spacial score (nSPS) is 55.7. The van der Waals surface area contributed by atoms with Crippen LogP contribution in [0.5, 0.6) is 0 Å². The average molecular weight is 352 g/mol. The highest BCUT2D eigenvalue weighted by Gasteiger charge is 2.64. The van der Waals surface area contributed by atoms with Crippen LogP contribution < -0.4 is 0 Å². The number of hydrogen-bond donors (Lipinski definition) is 1. The molecule has 0 radical (unpaired) electrons. The summed E-state index contributed by atoms with van der Waals surface area (Å²) < 4.78 is 23.4. The third-order valence-corrected chi connectivity index (χ3v) is 6.94. The van der Waals surface area contributed by atoms with Gasteiger partial charge in [-0.1, -0.05) is 6.08 Å². The van der Waals surface area contributed by atoms with Crippen molar-refractivity contribution in [1.82, 2.24) is 0 Å². The number of rotatable bonds is 10. The molecule has 4 aliphatic rings. The Morgan fingerprint density at radius 2 is 1.32 bits per heavy atom. The molecule has 4 aliphatic heterocycles. The van der Waals surface area contributed by atoms with E-state index in [9.17, 15) is 5.11 Å². The molecule has 0 bridgehead atoms. The summed E-state index contributed by atoms with van der Waals surface area (Å²) in [7, 11) is 0. The Morgan fingerprint density at radius 1 is 0.800 bits per heavy atom. The molecule has 0 aromatic rings. The van der Waals surface area contributed by atoms with Gasteiger partial charge in [0, 0.05) is 12.8 Å². The molecule has 5 nitrogen and oxygen atoms in total. The molecule has 4 rings (SSSR count). The highest BCUT2D eigenvalue weighted by atomic mass is 16.6. The van der Waals surface area contributed by atoms with E-state index < -0.39 is 0 Å². The van der Waals surface area contributed by atoms with Crippen LogP contribution in [0, 0.1) is 0 Å². The van der Waals surface area contributed by atoms with E-state index in [1.807, 2.05) is 6.08 Å². The van der Waals surface area contributed by atoms with Crippen molar-refractivity contribution in [3.8, 4) is 0 Å². The number of aliphatic hydroxyl groups excluding tert-OH is 1. The predicted molar refractivity (Wildman–Crippen MR) is 93.5 cm³/mol. The molecule has 4 fully saturated rings. The minimum absolute atomic E-state index is 0.0144. The first kappa shape index (κ1) is 17.9. The predicted octanol–water partition coefficient (Wildman–Crippen LogP) is 2.75. The molecular formula is C20H32O5. The molecule has 4 saturated heterocycles. The van der Waals surface area contributed by atoms with Crippen LogP contribution in [-0.4, -0.2) is 58.5 Å². The summed E-state index contributed by atoms with van der Waals surface area (Å²) in [5.41, 5.74) is -0.325. The van der Waals surface area contributed by atoms with Crippen molar-refractivity contribution in [2.24, 2.45) is 0 Å². The summed E-state index contributed by atoms with van der Waals surface area (Å²) in [6.45, 7) is 12.5. The maximum absolute atomic E-state index is 9.20. The first-order valence-corrected chi connectivity index (χ1v) is 9.59. The molecule has 5 heteroatoms. The zero-order valence-electron chi connectivity index (χ0n) is 15.9. The fourth-order valence-electron chi connectivity index (χ4n) is 4.47. The second kappa shape index (κ2) is 5.52. The SMILES string of the molecule is C=CC[C@@]1(C)O[C@@H]1C[C@@]1(C)O[C@@H]1CC[C@@]1(C)O[C@@H]1C[C@@]1(C)O[C@@H]1CO. The average Bonchev–Trinajstić information content (AvgIpc) is 3.46. The molecule has 0 saturated carbocycles. The van der Waals surface area contributed by atoms with Crippen molar-refractivity contribution in [2.75, 3.05) is 6.61 Å². The molecule has 0 aromatic carbocycles. The molecule has 142 valence electrons. The zero-order valence-corrected chi connectivity index (χ0v) is 15.9. The van der Waals surface area contributed by atoms with Gasteiger partial charge in [0.2, 0.25) is 0 Å². The Balaban J connectivity index is 1.19. The summed E-state index contributed by atoms with van der Waals surface area (Å²) >= 11 is 0. The first-order valence-electron chi connectivity index (χ1n) is 9.59. The topological polar surface area (TPSA) is 70.3 Å². The van der Waals surface area contributed by atoms with Gasteiger partial charge in [0.1, 0.15) is 6.10 Å². The zero-order chi connectivity index (χ0) is 18.1. The van der Waals surface area contributed by atoms with Crippen LogP contribution in [0.1, 0.15) is 59.8 Å². The molecule has 0 amide bonds. The highest BCUT2D eigenvalue weighted by molar-refractivity contribution is 5.13. The van der Waals surface area contributed by atoms with Gasteiger partial charge in [-0.2, -0.15) is 0 Å². The van der Waals surface area contributed by atoms with Gasteiger partial charge in [0.05, 0.1) is 47.3 Å². The maximum atomic E-state index is 9.20. The van der Waals surface area contributed by atoms with Gasteiger partial charge in [-0.3, -0.25) is 0 Å². The molecule has 0 aromatic heterocycles. The Bertz CT molecular complexity index is 566. The lowest BCUT2D eigenvalue weighted by molar-refractivity contribution is 0.230. The van der Waals surface area contributed by atoms with Crippen molar-refractivity contribution in [2.45, 2.75) is 107 Å². The van der Waals surface area contributed by atoms with E-state index in [1.165, 1.54) is 0 Å². The second-order valence-electron chi connectivity index (χ2n) is 9.30. The Kier molecular flexibility index (Phi) is 3.96. The lowest BCUT2D eigenvalue weighted by atomic mass is 9.89.